The second kappa shape index (κ2) is 5.61. The van der Waals surface area contributed by atoms with Crippen molar-refractivity contribution in [3.63, 3.8) is 0 Å². The topological polar surface area (TPSA) is 55.1 Å². The summed E-state index contributed by atoms with van der Waals surface area (Å²) in [6.07, 6.45) is 4.42. The molecule has 1 fully saturated rings. The maximum absolute atomic E-state index is 12.2. The molecular weight excluding hydrogens is 248 g/mol. The van der Waals surface area contributed by atoms with Gasteiger partial charge >= 0.3 is 0 Å². The average Bonchev–Trinajstić information content (AvgIpc) is 2.32. The summed E-state index contributed by atoms with van der Waals surface area (Å²) < 4.78 is 0. The monoisotopic (exact) mass is 266 g/mol. The highest BCUT2D eigenvalue weighted by Crippen LogP contribution is 2.25. The average molecular weight is 267 g/mol. The van der Waals surface area contributed by atoms with Gasteiger partial charge in [-0.2, -0.15) is 0 Å². The Bertz CT molecular complexity index is 419. The zero-order chi connectivity index (χ0) is 13.1. The van der Waals surface area contributed by atoms with E-state index in [1.165, 1.54) is 12.8 Å². The summed E-state index contributed by atoms with van der Waals surface area (Å²) in [5.41, 5.74) is 6.64. The van der Waals surface area contributed by atoms with Crippen LogP contribution in [0, 0.1) is 5.92 Å². The Kier molecular flexibility index (Phi) is 4.12. The number of hydrogen-bond donors (Lipinski definition) is 2. The van der Waals surface area contributed by atoms with Crippen molar-refractivity contribution < 1.29 is 4.79 Å². The third kappa shape index (κ3) is 2.96. The maximum atomic E-state index is 12.2. The summed E-state index contributed by atoms with van der Waals surface area (Å²) in [7, 11) is 0. The number of rotatable bonds is 2. The molecule has 3 nitrogen and oxygen atoms in total. The van der Waals surface area contributed by atoms with Crippen LogP contribution in [0.15, 0.2) is 18.2 Å². The molecule has 1 aromatic carbocycles. The molecule has 1 amide bonds. The van der Waals surface area contributed by atoms with E-state index in [4.69, 9.17) is 17.3 Å². The molecule has 0 atom stereocenters. The highest BCUT2D eigenvalue weighted by Gasteiger charge is 2.22. The first-order valence-electron chi connectivity index (χ1n) is 6.42. The zero-order valence-electron chi connectivity index (χ0n) is 10.6. The standard InChI is InChI=1S/C14H19ClN2O/c1-9-5-7-10(8-6-9)17-14(18)13-11(15)3-2-4-12(13)16/h2-4,9-10H,5-8,16H2,1H3,(H,17,18). The van der Waals surface area contributed by atoms with Crippen molar-refractivity contribution in [2.75, 3.05) is 5.73 Å². The van der Waals surface area contributed by atoms with Crippen LogP contribution in [0.3, 0.4) is 0 Å². The Hall–Kier alpha value is -1.22. The summed E-state index contributed by atoms with van der Waals surface area (Å²) in [4.78, 5) is 12.2. The number of halogens is 1. The lowest BCUT2D eigenvalue weighted by Crippen LogP contribution is -2.37. The van der Waals surface area contributed by atoms with Gasteiger partial charge in [-0.15, -0.1) is 0 Å². The van der Waals surface area contributed by atoms with Crippen molar-refractivity contribution in [1.82, 2.24) is 5.32 Å². The van der Waals surface area contributed by atoms with Gasteiger partial charge in [0.25, 0.3) is 5.91 Å². The molecule has 18 heavy (non-hydrogen) atoms. The predicted octanol–water partition coefficient (Wildman–Crippen LogP) is 3.23. The van der Waals surface area contributed by atoms with Crippen LogP contribution in [-0.4, -0.2) is 11.9 Å². The lowest BCUT2D eigenvalue weighted by Gasteiger charge is -2.27. The van der Waals surface area contributed by atoms with Crippen LogP contribution < -0.4 is 11.1 Å². The van der Waals surface area contributed by atoms with Crippen molar-refractivity contribution in [3.05, 3.63) is 28.8 Å². The molecule has 98 valence electrons. The lowest BCUT2D eigenvalue weighted by molar-refractivity contribution is 0.0924. The van der Waals surface area contributed by atoms with E-state index in [0.717, 1.165) is 18.8 Å². The number of nitrogen functional groups attached to an aromatic ring is 1. The molecule has 1 saturated carbocycles. The van der Waals surface area contributed by atoms with Gasteiger partial charge in [-0.25, -0.2) is 0 Å². The van der Waals surface area contributed by atoms with E-state index in [-0.39, 0.29) is 11.9 Å². The summed E-state index contributed by atoms with van der Waals surface area (Å²) in [5, 5.41) is 3.45. The number of nitrogens with one attached hydrogen (secondary N) is 1. The van der Waals surface area contributed by atoms with Crippen LogP contribution in [0.4, 0.5) is 5.69 Å². The van der Waals surface area contributed by atoms with E-state index in [0.29, 0.717) is 16.3 Å². The van der Waals surface area contributed by atoms with Gasteiger partial charge in [-0.05, 0) is 43.7 Å². The van der Waals surface area contributed by atoms with Gasteiger partial charge in [0.2, 0.25) is 0 Å². The minimum atomic E-state index is -0.155. The molecule has 0 spiro atoms. The second-order valence-electron chi connectivity index (χ2n) is 5.13. The Morgan fingerprint density at radius 1 is 1.33 bits per heavy atom. The van der Waals surface area contributed by atoms with Crippen molar-refractivity contribution in [1.29, 1.82) is 0 Å². The molecule has 1 aliphatic rings. The fraction of sp³-hybridized carbons (Fsp3) is 0.500. The van der Waals surface area contributed by atoms with Crippen LogP contribution in [0.25, 0.3) is 0 Å². The summed E-state index contributed by atoms with van der Waals surface area (Å²) in [6, 6.07) is 5.39. The third-order valence-corrected chi connectivity index (χ3v) is 3.94. The Morgan fingerprint density at radius 2 is 2.00 bits per heavy atom. The molecule has 2 rings (SSSR count). The maximum Gasteiger partial charge on any atom is 0.255 e. The molecule has 1 aliphatic carbocycles. The molecule has 0 aromatic heterocycles. The normalized spacial score (nSPS) is 23.7. The minimum absolute atomic E-state index is 0.155. The molecule has 0 bridgehead atoms. The van der Waals surface area contributed by atoms with Gasteiger partial charge in [-0.1, -0.05) is 24.6 Å². The molecule has 4 heteroatoms. The quantitative estimate of drug-likeness (QED) is 0.808. The Labute approximate surface area is 113 Å². The molecule has 3 N–H and O–H groups in total. The summed E-state index contributed by atoms with van der Waals surface area (Å²) >= 11 is 6.02. The number of nitrogens with two attached hydrogens (primary N) is 1. The largest absolute Gasteiger partial charge is 0.398 e. The highest BCUT2D eigenvalue weighted by atomic mass is 35.5. The smallest absolute Gasteiger partial charge is 0.255 e. The van der Waals surface area contributed by atoms with Gasteiger partial charge in [-0.3, -0.25) is 4.79 Å². The lowest BCUT2D eigenvalue weighted by atomic mass is 9.87. The van der Waals surface area contributed by atoms with E-state index in [9.17, 15) is 4.79 Å². The minimum Gasteiger partial charge on any atom is -0.398 e. The molecule has 0 unspecified atom stereocenters. The van der Waals surface area contributed by atoms with Gasteiger partial charge < -0.3 is 11.1 Å². The van der Waals surface area contributed by atoms with E-state index in [1.807, 2.05) is 0 Å². The first-order chi connectivity index (χ1) is 8.58. The zero-order valence-corrected chi connectivity index (χ0v) is 11.3. The van der Waals surface area contributed by atoms with E-state index >= 15 is 0 Å². The number of carbonyl (C=O) groups excluding carboxylic acids is 1. The van der Waals surface area contributed by atoms with Crippen molar-refractivity contribution in [2.24, 2.45) is 5.92 Å². The molecule has 0 heterocycles. The molecule has 0 aliphatic heterocycles. The first-order valence-corrected chi connectivity index (χ1v) is 6.80. The van der Waals surface area contributed by atoms with Crippen LogP contribution in [0.2, 0.25) is 5.02 Å². The molecule has 1 aromatic rings. The van der Waals surface area contributed by atoms with E-state index in [2.05, 4.69) is 12.2 Å². The third-order valence-electron chi connectivity index (χ3n) is 3.62. The SMILES string of the molecule is CC1CCC(NC(=O)c2c(N)cccc2Cl)CC1. The Balaban J connectivity index is 2.04. The number of benzene rings is 1. The second-order valence-corrected chi connectivity index (χ2v) is 5.54. The van der Waals surface area contributed by atoms with Gasteiger partial charge in [0, 0.05) is 11.7 Å². The number of hydrogen-bond acceptors (Lipinski definition) is 2. The summed E-state index contributed by atoms with van der Waals surface area (Å²) in [6.45, 7) is 2.25. The van der Waals surface area contributed by atoms with Crippen LogP contribution >= 0.6 is 11.6 Å². The van der Waals surface area contributed by atoms with Crippen molar-refractivity contribution in [3.8, 4) is 0 Å². The fourth-order valence-electron chi connectivity index (χ4n) is 2.44. The number of amides is 1. The van der Waals surface area contributed by atoms with Crippen LogP contribution in [-0.2, 0) is 0 Å². The number of anilines is 1. The van der Waals surface area contributed by atoms with E-state index < -0.39 is 0 Å². The molecular formula is C14H19ClN2O. The van der Waals surface area contributed by atoms with Crippen molar-refractivity contribution in [2.45, 2.75) is 38.6 Å². The molecule has 0 radical (unpaired) electrons. The molecule has 0 saturated heterocycles. The van der Waals surface area contributed by atoms with Crippen molar-refractivity contribution >= 4 is 23.2 Å². The first kappa shape index (κ1) is 13.2. The highest BCUT2D eigenvalue weighted by molar-refractivity contribution is 6.34. The van der Waals surface area contributed by atoms with Crippen LogP contribution in [0.1, 0.15) is 43.0 Å². The predicted molar refractivity (Wildman–Crippen MR) is 74.8 cm³/mol. The Morgan fingerprint density at radius 3 is 2.61 bits per heavy atom. The van der Waals surface area contributed by atoms with Gasteiger partial charge in [0.15, 0.2) is 0 Å². The number of carbonyl (C=O) groups is 1. The van der Waals surface area contributed by atoms with Crippen LogP contribution in [0.5, 0.6) is 0 Å². The van der Waals surface area contributed by atoms with Gasteiger partial charge in [0.1, 0.15) is 0 Å². The summed E-state index contributed by atoms with van der Waals surface area (Å²) in [5.74, 6) is 0.612. The van der Waals surface area contributed by atoms with Gasteiger partial charge in [0.05, 0.1) is 10.6 Å². The fourth-order valence-corrected chi connectivity index (χ4v) is 2.71. The van der Waals surface area contributed by atoms with E-state index in [1.54, 1.807) is 18.2 Å².